The molecule has 0 aromatic heterocycles. The molecule has 0 bridgehead atoms. The van der Waals surface area contributed by atoms with Crippen LogP contribution in [0.1, 0.15) is 25.0 Å². The van der Waals surface area contributed by atoms with E-state index in [2.05, 4.69) is 231 Å². The Kier molecular flexibility index (Phi) is 7.65. The SMILES string of the molecule is CC1(C)c2cc(-c3cc4cc(-c5cccc6ccccc56)c5ccccc5c4c4ccccc34)ccc2-c2ccc(N(c3ccccc3)c3ccc4ccccc4c3)cc21. The Morgan fingerprint density at radius 2 is 0.850 bits per heavy atom. The highest BCUT2D eigenvalue weighted by atomic mass is 15.1. The standard InChI is InChI=1S/C59H41N/c1-59(2)56-36-41(28-31-50(56)51-32-30-45(37-57(51)59)60(43-19-4-3-5-20-43)44-29-27-38-15-6-7-17-40(38)33-44)54-34-42-35-55(47-26-14-18-39-16-8-9-21-46(39)47)49-23-11-13-25-53(49)58(42)52-24-12-10-22-48(52)54/h3-37H,1-2H3. The summed E-state index contributed by atoms with van der Waals surface area (Å²) in [5, 5.41) is 12.7. The van der Waals surface area contributed by atoms with Gasteiger partial charge in [0.15, 0.2) is 0 Å². The molecule has 12 rings (SSSR count). The van der Waals surface area contributed by atoms with E-state index in [1.54, 1.807) is 0 Å². The van der Waals surface area contributed by atoms with Gasteiger partial charge >= 0.3 is 0 Å². The summed E-state index contributed by atoms with van der Waals surface area (Å²) in [6.07, 6.45) is 0. The van der Waals surface area contributed by atoms with Gasteiger partial charge in [0.25, 0.3) is 0 Å². The molecule has 1 heteroatoms. The number of fused-ring (bicyclic) bond motifs is 10. The van der Waals surface area contributed by atoms with Crippen molar-refractivity contribution in [1.29, 1.82) is 0 Å². The van der Waals surface area contributed by atoms with E-state index in [4.69, 9.17) is 0 Å². The van der Waals surface area contributed by atoms with Gasteiger partial charge in [-0.25, -0.2) is 0 Å². The minimum absolute atomic E-state index is 0.215. The fourth-order valence-corrected chi connectivity index (χ4v) is 10.3. The number of benzene rings is 11. The summed E-state index contributed by atoms with van der Waals surface area (Å²) in [6.45, 7) is 4.80. The van der Waals surface area contributed by atoms with Crippen LogP contribution in [0.3, 0.4) is 0 Å². The van der Waals surface area contributed by atoms with Crippen LogP contribution >= 0.6 is 0 Å². The van der Waals surface area contributed by atoms with Crippen molar-refractivity contribution >= 4 is 70.9 Å². The monoisotopic (exact) mass is 763 g/mol. The first-order valence-electron chi connectivity index (χ1n) is 21.0. The van der Waals surface area contributed by atoms with E-state index in [0.29, 0.717) is 0 Å². The van der Waals surface area contributed by atoms with Crippen molar-refractivity contribution in [2.24, 2.45) is 0 Å². The molecule has 282 valence electrons. The van der Waals surface area contributed by atoms with Crippen LogP contribution < -0.4 is 4.90 Å². The fraction of sp³-hybridized carbons (Fsp3) is 0.0508. The molecular weight excluding hydrogens is 723 g/mol. The topological polar surface area (TPSA) is 3.24 Å². The molecule has 0 fully saturated rings. The van der Waals surface area contributed by atoms with Crippen molar-refractivity contribution in [3.8, 4) is 33.4 Å². The zero-order valence-electron chi connectivity index (χ0n) is 33.7. The van der Waals surface area contributed by atoms with Gasteiger partial charge in [0.2, 0.25) is 0 Å². The molecule has 0 saturated carbocycles. The number of nitrogens with zero attached hydrogens (tertiary/aromatic N) is 1. The number of para-hydroxylation sites is 1. The molecule has 60 heavy (non-hydrogen) atoms. The Hall–Kier alpha value is -7.48. The summed E-state index contributed by atoms with van der Waals surface area (Å²) in [5.74, 6) is 0. The molecule has 1 aliphatic carbocycles. The highest BCUT2D eigenvalue weighted by molar-refractivity contribution is 6.26. The van der Waals surface area contributed by atoms with Gasteiger partial charge in [-0.3, -0.25) is 0 Å². The van der Waals surface area contributed by atoms with Gasteiger partial charge in [-0.1, -0.05) is 172 Å². The number of rotatable bonds is 5. The van der Waals surface area contributed by atoms with Crippen molar-refractivity contribution in [1.82, 2.24) is 0 Å². The molecule has 11 aromatic carbocycles. The van der Waals surface area contributed by atoms with Crippen molar-refractivity contribution < 1.29 is 0 Å². The summed E-state index contributed by atoms with van der Waals surface area (Å²) in [6, 6.07) is 78.7. The van der Waals surface area contributed by atoms with Gasteiger partial charge in [0.1, 0.15) is 0 Å². The molecule has 1 nitrogen and oxygen atoms in total. The quantitative estimate of drug-likeness (QED) is 0.158. The maximum absolute atomic E-state index is 2.48. The minimum Gasteiger partial charge on any atom is -0.310 e. The van der Waals surface area contributed by atoms with Crippen LogP contribution in [-0.2, 0) is 5.41 Å². The second-order valence-electron chi connectivity index (χ2n) is 16.9. The summed E-state index contributed by atoms with van der Waals surface area (Å²) < 4.78 is 0. The number of anilines is 3. The lowest BCUT2D eigenvalue weighted by atomic mass is 9.81. The second-order valence-corrected chi connectivity index (χ2v) is 16.9. The van der Waals surface area contributed by atoms with Crippen molar-refractivity contribution in [3.05, 3.63) is 223 Å². The first-order chi connectivity index (χ1) is 29.5. The zero-order chi connectivity index (χ0) is 40.0. The Morgan fingerprint density at radius 3 is 1.62 bits per heavy atom. The van der Waals surface area contributed by atoms with Crippen molar-refractivity contribution in [2.75, 3.05) is 4.90 Å². The molecule has 0 radical (unpaired) electrons. The Morgan fingerprint density at radius 1 is 0.300 bits per heavy atom. The molecule has 0 unspecified atom stereocenters. The average Bonchev–Trinajstić information content (AvgIpc) is 3.53. The lowest BCUT2D eigenvalue weighted by Crippen LogP contribution is -2.16. The van der Waals surface area contributed by atoms with Gasteiger partial charge in [-0.05, 0) is 153 Å². The van der Waals surface area contributed by atoms with Gasteiger partial charge < -0.3 is 4.90 Å². The van der Waals surface area contributed by atoms with Crippen LogP contribution in [0.2, 0.25) is 0 Å². The van der Waals surface area contributed by atoms with Gasteiger partial charge in [0, 0.05) is 22.5 Å². The van der Waals surface area contributed by atoms with Crippen LogP contribution in [0.5, 0.6) is 0 Å². The van der Waals surface area contributed by atoms with Crippen LogP contribution in [0.4, 0.5) is 17.1 Å². The second kappa shape index (κ2) is 13.3. The van der Waals surface area contributed by atoms with E-state index in [0.717, 1.165) is 17.1 Å². The van der Waals surface area contributed by atoms with Crippen LogP contribution in [0, 0.1) is 0 Å². The van der Waals surface area contributed by atoms with E-state index in [9.17, 15) is 0 Å². The highest BCUT2D eigenvalue weighted by Crippen LogP contribution is 2.52. The maximum atomic E-state index is 2.48. The van der Waals surface area contributed by atoms with E-state index >= 15 is 0 Å². The summed E-state index contributed by atoms with van der Waals surface area (Å²) >= 11 is 0. The zero-order valence-corrected chi connectivity index (χ0v) is 33.7. The molecule has 11 aromatic rings. The van der Waals surface area contributed by atoms with Crippen LogP contribution in [-0.4, -0.2) is 0 Å². The third-order valence-corrected chi connectivity index (χ3v) is 13.2. The largest absolute Gasteiger partial charge is 0.310 e. The van der Waals surface area contributed by atoms with Crippen LogP contribution in [0.15, 0.2) is 212 Å². The smallest absolute Gasteiger partial charge is 0.0468 e. The third kappa shape index (κ3) is 5.26. The molecule has 1 aliphatic rings. The summed E-state index contributed by atoms with van der Waals surface area (Å²) in [5.41, 5.74) is 13.6. The number of hydrogen-bond donors (Lipinski definition) is 0. The predicted molar refractivity (Wildman–Crippen MR) is 257 cm³/mol. The molecule has 0 amide bonds. The van der Waals surface area contributed by atoms with E-state index in [1.807, 2.05) is 0 Å². The maximum Gasteiger partial charge on any atom is 0.0468 e. The number of hydrogen-bond acceptors (Lipinski definition) is 1. The van der Waals surface area contributed by atoms with Crippen molar-refractivity contribution in [3.63, 3.8) is 0 Å². The first kappa shape index (κ1) is 34.6. The van der Waals surface area contributed by atoms with Gasteiger partial charge in [-0.15, -0.1) is 0 Å². The predicted octanol–water partition coefficient (Wildman–Crippen LogP) is 16.6. The third-order valence-electron chi connectivity index (χ3n) is 13.2. The lowest BCUT2D eigenvalue weighted by Gasteiger charge is -2.28. The Balaban J connectivity index is 1.02. The first-order valence-corrected chi connectivity index (χ1v) is 21.0. The Labute approximate surface area is 350 Å². The van der Waals surface area contributed by atoms with Crippen molar-refractivity contribution in [2.45, 2.75) is 19.3 Å². The van der Waals surface area contributed by atoms with Gasteiger partial charge in [0.05, 0.1) is 0 Å². The van der Waals surface area contributed by atoms with E-state index in [1.165, 1.54) is 98.4 Å². The molecule has 0 heterocycles. The van der Waals surface area contributed by atoms with E-state index in [-0.39, 0.29) is 5.41 Å². The average molecular weight is 764 g/mol. The lowest BCUT2D eigenvalue weighted by molar-refractivity contribution is 0.660. The molecule has 0 aliphatic heterocycles. The van der Waals surface area contributed by atoms with E-state index < -0.39 is 0 Å². The summed E-state index contributed by atoms with van der Waals surface area (Å²) in [4.78, 5) is 2.40. The minimum atomic E-state index is -0.215. The highest BCUT2D eigenvalue weighted by Gasteiger charge is 2.36. The van der Waals surface area contributed by atoms with Gasteiger partial charge in [-0.2, -0.15) is 0 Å². The Bertz CT molecular complexity index is 3520. The molecule has 0 spiro atoms. The normalized spacial score (nSPS) is 13.0. The molecule has 0 atom stereocenters. The fourth-order valence-electron chi connectivity index (χ4n) is 10.3. The summed E-state index contributed by atoms with van der Waals surface area (Å²) in [7, 11) is 0. The van der Waals surface area contributed by atoms with Crippen LogP contribution in [0.25, 0.3) is 87.2 Å². The molecule has 0 saturated heterocycles. The molecule has 0 N–H and O–H groups in total. The molecular formula is C59H41N.